The summed E-state index contributed by atoms with van der Waals surface area (Å²) in [5, 5.41) is 170. The summed E-state index contributed by atoms with van der Waals surface area (Å²) in [6, 6.07) is -1.60. The minimum Gasteiger partial charge on any atom is -0.477 e. The van der Waals surface area contributed by atoms with Crippen molar-refractivity contribution in [1.29, 1.82) is 0 Å². The van der Waals surface area contributed by atoms with Gasteiger partial charge in [-0.1, -0.05) is 20.3 Å². The Morgan fingerprint density at radius 3 is 1.96 bits per heavy atom. The van der Waals surface area contributed by atoms with Gasteiger partial charge in [-0.3, -0.25) is 4.79 Å². The van der Waals surface area contributed by atoms with Gasteiger partial charge in [-0.25, -0.2) is 4.79 Å². The first-order valence-corrected chi connectivity index (χ1v) is 22.3. The second-order valence-electron chi connectivity index (χ2n) is 17.5. The van der Waals surface area contributed by atoms with E-state index in [1.165, 1.54) is 6.92 Å². The third kappa shape index (κ3) is 13.7. The molecule has 4 fully saturated rings. The quantitative estimate of drug-likeness (QED) is 0.0378. The Balaban J connectivity index is 1.54. The molecule has 0 aromatic carbocycles. The third-order valence-corrected chi connectivity index (χ3v) is 12.7. The van der Waals surface area contributed by atoms with E-state index in [1.807, 2.05) is 6.92 Å². The normalized spacial score (nSPS) is 40.0. The zero-order valence-electron chi connectivity index (χ0n) is 37.9. The van der Waals surface area contributed by atoms with Gasteiger partial charge in [0.05, 0.1) is 70.1 Å². The summed E-state index contributed by atoms with van der Waals surface area (Å²) in [5.41, 5.74) is 0. The van der Waals surface area contributed by atoms with Gasteiger partial charge in [0.25, 0.3) is 5.79 Å². The lowest BCUT2D eigenvalue weighted by molar-refractivity contribution is -0.373. The Hall–Kier alpha value is -2.02. The van der Waals surface area contributed by atoms with Gasteiger partial charge >= 0.3 is 5.97 Å². The summed E-state index contributed by atoms with van der Waals surface area (Å²) in [6.07, 6.45) is -36.9. The summed E-state index contributed by atoms with van der Waals surface area (Å²) in [4.78, 5) is 24.9. The fourth-order valence-corrected chi connectivity index (χ4v) is 8.64. The van der Waals surface area contributed by atoms with E-state index in [4.69, 9.17) is 42.6 Å². The number of aliphatic carboxylic acids is 1. The van der Waals surface area contributed by atoms with Crippen molar-refractivity contribution in [2.45, 2.75) is 188 Å². The van der Waals surface area contributed by atoms with Crippen LogP contribution in [0.5, 0.6) is 0 Å². The Labute approximate surface area is 390 Å². The Bertz CT molecular complexity index is 1540. The smallest absolute Gasteiger partial charge is 0.364 e. The van der Waals surface area contributed by atoms with Gasteiger partial charge in [0.15, 0.2) is 25.2 Å². The molecule has 28 heteroatoms. The SMILES string of the molecule is CCC(C)C1C(O)C(CO)OC(O[C@@H](C)C(CO)OC(OCC2OC(C(O)O)CC2OC2OC(CO)C(O)C(OC3(C(=O)O)C[C@@H](O)C(NC(C)=O)C([C@H](O)[C@H](O)CO)O3)C2O)[C@@H](O)CO)C1O. The predicted molar refractivity (Wildman–Crippen MR) is 218 cm³/mol. The molecule has 24 atom stereocenters. The van der Waals surface area contributed by atoms with E-state index in [1.54, 1.807) is 6.92 Å². The standard InChI is InChI=1S/C40H71NO27/c1-5-14(2)26-29(52)23(11-45)65-37(31(26)54)61-15(3)22(10-44)64-36(19(50)9-43)60-13-25-20(6-21(62-25)35(56)57)63-38-32(55)34(30(53)24(12-46)66-38)68-40(39(58)59)7-17(48)27(41-16(4)47)33(67-40)28(51)18(49)8-42/h14-15,17-38,42-46,48-57H,5-13H2,1-4H3,(H,41,47)(H,58,59)/t14?,15-,17+,18+,19-,20?,21?,22?,23?,24?,25?,26?,27?,28+,29?,30?,31?,32?,33?,34?,36?,37?,38?,40?/m0/s1. The van der Waals surface area contributed by atoms with Gasteiger partial charge in [-0.15, -0.1) is 0 Å². The third-order valence-electron chi connectivity index (χ3n) is 12.7. The summed E-state index contributed by atoms with van der Waals surface area (Å²) in [6.45, 7) is 0.888. The number of aliphatic hydroxyl groups excluding tert-OH is 14. The maximum Gasteiger partial charge on any atom is 0.364 e. The van der Waals surface area contributed by atoms with Crippen LogP contribution in [0.25, 0.3) is 0 Å². The second kappa shape index (κ2) is 26.1. The molecule has 0 aliphatic carbocycles. The van der Waals surface area contributed by atoms with E-state index >= 15 is 0 Å². The molecule has 0 bridgehead atoms. The van der Waals surface area contributed by atoms with Gasteiger partial charge in [0.1, 0.15) is 79.4 Å². The van der Waals surface area contributed by atoms with E-state index in [-0.39, 0.29) is 5.92 Å². The number of hydrogen-bond donors (Lipinski definition) is 17. The molecule has 0 radical (unpaired) electrons. The van der Waals surface area contributed by atoms with Crippen LogP contribution in [-0.2, 0) is 52.2 Å². The molecule has 0 saturated carbocycles. The van der Waals surface area contributed by atoms with E-state index in [9.17, 15) is 91.3 Å². The van der Waals surface area contributed by atoms with Crippen molar-refractivity contribution in [2.75, 3.05) is 39.6 Å². The highest BCUT2D eigenvalue weighted by molar-refractivity contribution is 5.76. The van der Waals surface area contributed by atoms with Crippen molar-refractivity contribution in [3.63, 3.8) is 0 Å². The lowest BCUT2D eigenvalue weighted by Gasteiger charge is -2.50. The number of carboxylic acids is 1. The molecule has 19 unspecified atom stereocenters. The number of nitrogens with one attached hydrogen (secondary N) is 1. The van der Waals surface area contributed by atoms with E-state index in [0.29, 0.717) is 6.42 Å². The molecule has 17 N–H and O–H groups in total. The molecule has 4 heterocycles. The molecule has 0 aromatic heterocycles. The van der Waals surface area contributed by atoms with Crippen LogP contribution in [0, 0.1) is 11.8 Å². The molecular weight excluding hydrogens is 926 g/mol. The zero-order valence-corrected chi connectivity index (χ0v) is 37.9. The van der Waals surface area contributed by atoms with Gasteiger partial charge < -0.3 is 130 Å². The molecule has 4 aliphatic heterocycles. The molecule has 68 heavy (non-hydrogen) atoms. The van der Waals surface area contributed by atoms with Crippen LogP contribution in [0.15, 0.2) is 0 Å². The van der Waals surface area contributed by atoms with E-state index < -0.39 is 211 Å². The molecular formula is C40H71NO27. The molecule has 28 nitrogen and oxygen atoms in total. The van der Waals surface area contributed by atoms with E-state index in [0.717, 1.165) is 6.92 Å². The predicted octanol–water partition coefficient (Wildman–Crippen LogP) is -8.61. The fourth-order valence-electron chi connectivity index (χ4n) is 8.64. The van der Waals surface area contributed by atoms with Crippen LogP contribution in [0.1, 0.15) is 47.0 Å². The number of carbonyl (C=O) groups excluding carboxylic acids is 1. The van der Waals surface area contributed by atoms with Crippen LogP contribution >= 0.6 is 0 Å². The van der Waals surface area contributed by atoms with E-state index in [2.05, 4.69) is 5.32 Å². The first-order chi connectivity index (χ1) is 32.0. The van der Waals surface area contributed by atoms with Crippen LogP contribution in [0.4, 0.5) is 0 Å². The van der Waals surface area contributed by atoms with Crippen LogP contribution in [-0.4, -0.2) is 274 Å². The van der Waals surface area contributed by atoms with Crippen LogP contribution in [0.3, 0.4) is 0 Å². The Morgan fingerprint density at radius 2 is 1.41 bits per heavy atom. The lowest BCUT2D eigenvalue weighted by Crippen LogP contribution is -2.70. The Morgan fingerprint density at radius 1 is 0.794 bits per heavy atom. The number of ether oxygens (including phenoxy) is 9. The molecule has 0 aromatic rings. The van der Waals surface area contributed by atoms with Crippen molar-refractivity contribution in [2.24, 2.45) is 11.8 Å². The maximum absolute atomic E-state index is 12.9. The van der Waals surface area contributed by atoms with Crippen molar-refractivity contribution in [3.05, 3.63) is 0 Å². The van der Waals surface area contributed by atoms with Crippen molar-refractivity contribution in [3.8, 4) is 0 Å². The highest BCUT2D eigenvalue weighted by Crippen LogP contribution is 2.39. The topological polar surface area (TPSA) is 453 Å². The highest BCUT2D eigenvalue weighted by Gasteiger charge is 2.60. The largest absolute Gasteiger partial charge is 0.477 e. The van der Waals surface area contributed by atoms with Crippen molar-refractivity contribution < 1.29 is 134 Å². The first kappa shape index (κ1) is 58.5. The number of aliphatic hydroxyl groups is 15. The van der Waals surface area contributed by atoms with Crippen LogP contribution in [0.2, 0.25) is 0 Å². The highest BCUT2D eigenvalue weighted by atomic mass is 16.8. The molecule has 1 amide bonds. The minimum absolute atomic E-state index is 0.241. The summed E-state index contributed by atoms with van der Waals surface area (Å²) >= 11 is 0. The maximum atomic E-state index is 12.9. The van der Waals surface area contributed by atoms with Gasteiger partial charge in [0, 0.05) is 25.7 Å². The number of carboxylic acid groups (broad SMARTS) is 1. The van der Waals surface area contributed by atoms with Crippen LogP contribution < -0.4 is 5.32 Å². The molecule has 0 spiro atoms. The average Bonchev–Trinajstić information content (AvgIpc) is 3.71. The number of amides is 1. The summed E-state index contributed by atoms with van der Waals surface area (Å²) in [5.74, 6) is -6.90. The number of rotatable bonds is 25. The van der Waals surface area contributed by atoms with Gasteiger partial charge in [-0.2, -0.15) is 0 Å². The second-order valence-corrected chi connectivity index (χ2v) is 17.5. The van der Waals surface area contributed by atoms with Crippen molar-refractivity contribution >= 4 is 11.9 Å². The zero-order chi connectivity index (χ0) is 50.9. The first-order valence-electron chi connectivity index (χ1n) is 22.3. The monoisotopic (exact) mass is 997 g/mol. The number of carbonyl (C=O) groups is 2. The van der Waals surface area contributed by atoms with Crippen molar-refractivity contribution in [1.82, 2.24) is 5.32 Å². The Kier molecular flexibility index (Phi) is 22.5. The fraction of sp³-hybridized carbons (Fsp3) is 0.950. The average molecular weight is 998 g/mol. The summed E-state index contributed by atoms with van der Waals surface area (Å²) < 4.78 is 51.7. The van der Waals surface area contributed by atoms with Gasteiger partial charge in [0.2, 0.25) is 5.91 Å². The minimum atomic E-state index is -3.09. The number of hydrogen-bond acceptors (Lipinski definition) is 26. The molecule has 4 aliphatic rings. The molecule has 4 saturated heterocycles. The molecule has 4 rings (SSSR count). The molecule has 398 valence electrons. The summed E-state index contributed by atoms with van der Waals surface area (Å²) in [7, 11) is 0. The lowest BCUT2D eigenvalue weighted by atomic mass is 9.78. The van der Waals surface area contributed by atoms with Gasteiger partial charge in [-0.05, 0) is 12.8 Å².